The number of nitrogens with zero attached hydrogens (tertiary/aromatic N) is 2. The maximum Gasteiger partial charge on any atom is 0.264 e. The van der Waals surface area contributed by atoms with E-state index in [0.29, 0.717) is 22.3 Å². The summed E-state index contributed by atoms with van der Waals surface area (Å²) >= 11 is 7.47. The highest BCUT2D eigenvalue weighted by Gasteiger charge is 2.33. The number of likely N-dealkylation sites (tertiary alicyclic amines) is 1. The molecule has 1 unspecified atom stereocenters. The number of aromatic nitrogens is 2. The number of halogens is 1. The third-order valence-corrected chi connectivity index (χ3v) is 6.42. The molecule has 1 fully saturated rings. The quantitative estimate of drug-likeness (QED) is 0.651. The molecule has 2 aromatic heterocycles. The number of benzene rings is 1. The van der Waals surface area contributed by atoms with Crippen molar-refractivity contribution < 1.29 is 9.53 Å². The number of aromatic amines is 1. The van der Waals surface area contributed by atoms with Gasteiger partial charge >= 0.3 is 0 Å². The molecule has 8 heteroatoms. The summed E-state index contributed by atoms with van der Waals surface area (Å²) in [7, 11) is 1.65. The number of hydrogen-bond acceptors (Lipinski definition) is 5. The van der Waals surface area contributed by atoms with Crippen molar-refractivity contribution in [3.05, 3.63) is 57.1 Å². The monoisotopic (exact) mass is 416 g/mol. The molecule has 3 aromatic rings. The van der Waals surface area contributed by atoms with Crippen molar-refractivity contribution in [3.63, 3.8) is 0 Å². The molecule has 4 rings (SSSR count). The molecule has 6 nitrogen and oxygen atoms in total. The van der Waals surface area contributed by atoms with Crippen molar-refractivity contribution in [1.29, 1.82) is 0 Å². The number of H-pyrrole nitrogens is 1. The fourth-order valence-corrected chi connectivity index (χ4v) is 4.78. The van der Waals surface area contributed by atoms with Gasteiger partial charge in [-0.15, -0.1) is 11.3 Å². The van der Waals surface area contributed by atoms with Crippen LogP contribution in [-0.4, -0.2) is 34.4 Å². The van der Waals surface area contributed by atoms with Crippen LogP contribution < -0.4 is 10.5 Å². The van der Waals surface area contributed by atoms with Gasteiger partial charge in [-0.05, 0) is 36.6 Å². The highest BCUT2D eigenvalue weighted by Crippen LogP contribution is 2.35. The van der Waals surface area contributed by atoms with Crippen molar-refractivity contribution in [3.8, 4) is 17.0 Å². The Morgan fingerprint density at radius 2 is 2.32 bits per heavy atom. The van der Waals surface area contributed by atoms with Crippen LogP contribution in [0.15, 0.2) is 36.5 Å². The van der Waals surface area contributed by atoms with Crippen LogP contribution in [0.3, 0.4) is 0 Å². The molecule has 0 aliphatic carbocycles. The number of amides is 1. The normalized spacial score (nSPS) is 16.5. The van der Waals surface area contributed by atoms with Crippen molar-refractivity contribution >= 4 is 28.8 Å². The Hall–Kier alpha value is -2.35. The second kappa shape index (κ2) is 7.95. The lowest BCUT2D eigenvalue weighted by atomic mass is 10.1. The lowest BCUT2D eigenvalue weighted by molar-refractivity contribution is 0.0735. The molecule has 28 heavy (non-hydrogen) atoms. The summed E-state index contributed by atoms with van der Waals surface area (Å²) in [5.41, 5.74) is 8.39. The van der Waals surface area contributed by atoms with Gasteiger partial charge in [0.1, 0.15) is 11.6 Å². The van der Waals surface area contributed by atoms with E-state index in [9.17, 15) is 4.79 Å². The van der Waals surface area contributed by atoms with Crippen LogP contribution in [0, 0.1) is 0 Å². The predicted octanol–water partition coefficient (Wildman–Crippen LogP) is 4.24. The van der Waals surface area contributed by atoms with Gasteiger partial charge in [0, 0.05) is 18.7 Å². The van der Waals surface area contributed by atoms with Crippen molar-refractivity contribution in [2.24, 2.45) is 5.73 Å². The SMILES string of the molecule is COc1cccc(-c2cnc(C3CCCN3C(=O)c3cc(CN)c(Cl)s3)[nH]2)c1. The van der Waals surface area contributed by atoms with Gasteiger partial charge in [0.25, 0.3) is 5.91 Å². The zero-order valence-corrected chi connectivity index (χ0v) is 17.0. The second-order valence-corrected chi connectivity index (χ2v) is 8.34. The van der Waals surface area contributed by atoms with Crippen LogP contribution in [0.25, 0.3) is 11.3 Å². The zero-order chi connectivity index (χ0) is 19.7. The van der Waals surface area contributed by atoms with Gasteiger partial charge in [-0.1, -0.05) is 23.7 Å². The van der Waals surface area contributed by atoms with Crippen LogP contribution in [0.4, 0.5) is 0 Å². The Balaban J connectivity index is 1.58. The summed E-state index contributed by atoms with van der Waals surface area (Å²) < 4.78 is 5.88. The van der Waals surface area contributed by atoms with Crippen LogP contribution in [0.2, 0.25) is 4.34 Å². The van der Waals surface area contributed by atoms with E-state index in [0.717, 1.165) is 41.2 Å². The number of rotatable bonds is 5. The molecule has 146 valence electrons. The Morgan fingerprint density at radius 1 is 1.46 bits per heavy atom. The van der Waals surface area contributed by atoms with Gasteiger partial charge in [0.05, 0.1) is 34.3 Å². The van der Waals surface area contributed by atoms with Crippen LogP contribution in [0.5, 0.6) is 5.75 Å². The Kier molecular flexibility index (Phi) is 5.39. The summed E-state index contributed by atoms with van der Waals surface area (Å²) in [4.78, 5) is 23.5. The number of hydrogen-bond donors (Lipinski definition) is 2. The smallest absolute Gasteiger partial charge is 0.264 e. The maximum absolute atomic E-state index is 13.1. The molecule has 0 spiro atoms. The van der Waals surface area contributed by atoms with Crippen LogP contribution in [0.1, 0.15) is 39.9 Å². The molecular formula is C20H21ClN4O2S. The third kappa shape index (κ3) is 3.53. The lowest BCUT2D eigenvalue weighted by Gasteiger charge is -2.22. The minimum absolute atomic E-state index is 0.0200. The van der Waals surface area contributed by atoms with Gasteiger partial charge < -0.3 is 20.4 Å². The number of carbonyl (C=O) groups excluding carboxylic acids is 1. The van der Waals surface area contributed by atoms with Crippen molar-refractivity contribution in [1.82, 2.24) is 14.9 Å². The highest BCUT2D eigenvalue weighted by molar-refractivity contribution is 7.18. The zero-order valence-electron chi connectivity index (χ0n) is 15.4. The number of imidazole rings is 1. The Labute approximate surface area is 172 Å². The topological polar surface area (TPSA) is 84.2 Å². The maximum atomic E-state index is 13.1. The molecule has 1 aromatic carbocycles. The fourth-order valence-electron chi connectivity index (χ4n) is 3.53. The van der Waals surface area contributed by atoms with E-state index < -0.39 is 0 Å². The van der Waals surface area contributed by atoms with Crippen molar-refractivity contribution in [2.45, 2.75) is 25.4 Å². The summed E-state index contributed by atoms with van der Waals surface area (Å²) in [5.74, 6) is 1.57. The molecule has 1 saturated heterocycles. The third-order valence-electron chi connectivity index (χ3n) is 4.99. The van der Waals surface area contributed by atoms with Crippen LogP contribution in [-0.2, 0) is 6.54 Å². The Morgan fingerprint density at radius 3 is 3.07 bits per heavy atom. The molecule has 0 saturated carbocycles. The van der Waals surface area contributed by atoms with Gasteiger partial charge in [0.2, 0.25) is 0 Å². The van der Waals surface area contributed by atoms with Gasteiger partial charge in [-0.2, -0.15) is 0 Å². The number of thiophene rings is 1. The number of nitrogens with one attached hydrogen (secondary N) is 1. The average molecular weight is 417 g/mol. The number of nitrogens with two attached hydrogens (primary N) is 1. The number of methoxy groups -OCH3 is 1. The first-order chi connectivity index (χ1) is 13.6. The molecule has 1 amide bonds. The Bertz CT molecular complexity index is 1000. The molecule has 1 aliphatic heterocycles. The van der Waals surface area contributed by atoms with E-state index >= 15 is 0 Å². The lowest BCUT2D eigenvalue weighted by Crippen LogP contribution is -2.30. The first kappa shape index (κ1) is 19.0. The highest BCUT2D eigenvalue weighted by atomic mass is 35.5. The summed E-state index contributed by atoms with van der Waals surface area (Å²) in [6.07, 6.45) is 3.62. The first-order valence-corrected chi connectivity index (χ1v) is 10.3. The summed E-state index contributed by atoms with van der Waals surface area (Å²) in [5, 5.41) is 0. The molecule has 1 atom stereocenters. The van der Waals surface area contributed by atoms with E-state index in [2.05, 4.69) is 9.97 Å². The molecule has 0 bridgehead atoms. The summed E-state index contributed by atoms with van der Waals surface area (Å²) in [6, 6.07) is 9.52. The van der Waals surface area contributed by atoms with Gasteiger partial charge in [0.15, 0.2) is 0 Å². The fraction of sp³-hybridized carbons (Fsp3) is 0.300. The molecule has 3 N–H and O–H groups in total. The second-order valence-electron chi connectivity index (χ2n) is 6.68. The minimum atomic E-state index is -0.0749. The van der Waals surface area contributed by atoms with E-state index in [1.54, 1.807) is 19.4 Å². The summed E-state index contributed by atoms with van der Waals surface area (Å²) in [6.45, 7) is 1.03. The standard InChI is InChI=1S/C20H21ClN4O2S/c1-27-14-5-2-4-12(8-14)15-11-23-19(24-15)16-6-3-7-25(16)20(26)17-9-13(10-22)18(21)28-17/h2,4-5,8-9,11,16H,3,6-7,10,22H2,1H3,(H,23,24). The molecule has 0 radical (unpaired) electrons. The molecular weight excluding hydrogens is 396 g/mol. The predicted molar refractivity (Wildman–Crippen MR) is 111 cm³/mol. The van der Waals surface area contributed by atoms with Gasteiger partial charge in [-0.3, -0.25) is 4.79 Å². The van der Waals surface area contributed by atoms with E-state index in [-0.39, 0.29) is 11.9 Å². The molecule has 1 aliphatic rings. The largest absolute Gasteiger partial charge is 0.497 e. The van der Waals surface area contributed by atoms with E-state index in [1.807, 2.05) is 29.2 Å². The first-order valence-electron chi connectivity index (χ1n) is 9.09. The number of ether oxygens (including phenoxy) is 1. The van der Waals surface area contributed by atoms with E-state index in [4.69, 9.17) is 22.1 Å². The van der Waals surface area contributed by atoms with Gasteiger partial charge in [-0.25, -0.2) is 4.98 Å². The van der Waals surface area contributed by atoms with Crippen LogP contribution >= 0.6 is 22.9 Å². The van der Waals surface area contributed by atoms with E-state index in [1.165, 1.54) is 11.3 Å². The average Bonchev–Trinajstić information content (AvgIpc) is 3.46. The molecule has 3 heterocycles. The number of carbonyl (C=O) groups is 1. The van der Waals surface area contributed by atoms with Crippen molar-refractivity contribution in [2.75, 3.05) is 13.7 Å². The minimum Gasteiger partial charge on any atom is -0.497 e.